The van der Waals surface area contributed by atoms with Crippen molar-refractivity contribution in [2.24, 2.45) is 0 Å². The lowest BCUT2D eigenvalue weighted by atomic mass is 10.1. The molecule has 0 spiro atoms. The number of carbonyl (C=O) groups is 2. The van der Waals surface area contributed by atoms with Crippen molar-refractivity contribution in [2.45, 2.75) is 31.7 Å². The molecule has 1 aliphatic carbocycles. The molecule has 1 aromatic carbocycles. The minimum absolute atomic E-state index is 0.0455. The molecule has 8 nitrogen and oxygen atoms in total. The molecule has 2 amide bonds. The topological polar surface area (TPSA) is 110 Å². The summed E-state index contributed by atoms with van der Waals surface area (Å²) in [5, 5.41) is 8.90. The van der Waals surface area contributed by atoms with E-state index in [-0.39, 0.29) is 30.0 Å². The summed E-state index contributed by atoms with van der Waals surface area (Å²) in [6.45, 7) is 2.02. The van der Waals surface area contributed by atoms with Crippen molar-refractivity contribution in [1.82, 2.24) is 14.9 Å². The molecule has 0 bridgehead atoms. The fourth-order valence-electron chi connectivity index (χ4n) is 3.37. The molecule has 2 heterocycles. The zero-order valence-electron chi connectivity index (χ0n) is 15.4. The van der Waals surface area contributed by atoms with Crippen molar-refractivity contribution in [3.8, 4) is 6.07 Å². The Bertz CT molecular complexity index is 1030. The van der Waals surface area contributed by atoms with Crippen LogP contribution in [-0.2, 0) is 4.79 Å². The van der Waals surface area contributed by atoms with Crippen molar-refractivity contribution in [3.63, 3.8) is 0 Å². The van der Waals surface area contributed by atoms with Gasteiger partial charge in [-0.3, -0.25) is 14.4 Å². The lowest BCUT2D eigenvalue weighted by molar-refractivity contribution is -0.121. The van der Waals surface area contributed by atoms with Gasteiger partial charge < -0.3 is 14.8 Å². The quantitative estimate of drug-likeness (QED) is 0.869. The van der Waals surface area contributed by atoms with Crippen LogP contribution in [0, 0.1) is 11.3 Å². The number of amides is 2. The van der Waals surface area contributed by atoms with Gasteiger partial charge in [-0.1, -0.05) is 0 Å². The van der Waals surface area contributed by atoms with Crippen LogP contribution in [0.25, 0.3) is 0 Å². The molecule has 1 atom stereocenters. The predicted molar refractivity (Wildman–Crippen MR) is 101 cm³/mol. The number of nitriles is 1. The van der Waals surface area contributed by atoms with Crippen LogP contribution in [-0.4, -0.2) is 45.8 Å². The van der Waals surface area contributed by atoms with Gasteiger partial charge in [0.1, 0.15) is 17.9 Å². The third kappa shape index (κ3) is 3.27. The third-order valence-electron chi connectivity index (χ3n) is 5.17. The van der Waals surface area contributed by atoms with E-state index in [1.807, 2.05) is 13.0 Å². The van der Waals surface area contributed by atoms with E-state index in [9.17, 15) is 14.4 Å². The van der Waals surface area contributed by atoms with Crippen LogP contribution in [0.2, 0.25) is 0 Å². The maximum Gasteiger partial charge on any atom is 0.263 e. The average molecular weight is 377 g/mol. The van der Waals surface area contributed by atoms with E-state index in [0.717, 1.165) is 12.8 Å². The van der Waals surface area contributed by atoms with Crippen LogP contribution >= 0.6 is 0 Å². The van der Waals surface area contributed by atoms with Crippen molar-refractivity contribution in [2.75, 3.05) is 18.0 Å². The molecule has 4 rings (SSSR count). The molecule has 142 valence electrons. The first-order chi connectivity index (χ1) is 13.5. The highest BCUT2D eigenvalue weighted by atomic mass is 16.2. The summed E-state index contributed by atoms with van der Waals surface area (Å²) < 4.78 is 0. The van der Waals surface area contributed by atoms with Gasteiger partial charge in [0.15, 0.2) is 0 Å². The fraction of sp³-hybridized carbons (Fsp3) is 0.350. The van der Waals surface area contributed by atoms with Gasteiger partial charge >= 0.3 is 0 Å². The van der Waals surface area contributed by atoms with Crippen molar-refractivity contribution >= 4 is 17.5 Å². The summed E-state index contributed by atoms with van der Waals surface area (Å²) in [7, 11) is 0. The lowest BCUT2D eigenvalue weighted by Crippen LogP contribution is -2.57. The minimum atomic E-state index is -0.489. The predicted octanol–water partition coefficient (Wildman–Crippen LogP) is 1.40. The van der Waals surface area contributed by atoms with Crippen LogP contribution in [0.3, 0.4) is 0 Å². The third-order valence-corrected chi connectivity index (χ3v) is 5.17. The Morgan fingerprint density at radius 3 is 2.57 bits per heavy atom. The van der Waals surface area contributed by atoms with Gasteiger partial charge in [0.2, 0.25) is 5.91 Å². The van der Waals surface area contributed by atoms with E-state index >= 15 is 0 Å². The average Bonchev–Trinajstić information content (AvgIpc) is 3.54. The monoisotopic (exact) mass is 377 g/mol. The van der Waals surface area contributed by atoms with Crippen LogP contribution in [0.5, 0.6) is 0 Å². The van der Waals surface area contributed by atoms with E-state index in [2.05, 4.69) is 9.97 Å². The van der Waals surface area contributed by atoms with E-state index in [0.29, 0.717) is 23.6 Å². The molecule has 1 aromatic heterocycles. The summed E-state index contributed by atoms with van der Waals surface area (Å²) in [6, 6.07) is 8.50. The smallest absolute Gasteiger partial charge is 0.263 e. The van der Waals surface area contributed by atoms with Gasteiger partial charge in [-0.2, -0.15) is 5.26 Å². The van der Waals surface area contributed by atoms with Crippen LogP contribution in [0.1, 0.15) is 47.4 Å². The van der Waals surface area contributed by atoms with E-state index in [1.165, 1.54) is 11.1 Å². The number of rotatable bonds is 3. The van der Waals surface area contributed by atoms with Crippen LogP contribution in [0.4, 0.5) is 5.69 Å². The zero-order valence-corrected chi connectivity index (χ0v) is 15.4. The molecule has 1 aliphatic heterocycles. The van der Waals surface area contributed by atoms with E-state index < -0.39 is 11.5 Å². The molecule has 1 saturated heterocycles. The number of H-pyrrole nitrogens is 1. The zero-order chi connectivity index (χ0) is 19.8. The Morgan fingerprint density at radius 1 is 1.25 bits per heavy atom. The number of aromatic nitrogens is 2. The molecule has 0 radical (unpaired) electrons. The van der Waals surface area contributed by atoms with Crippen molar-refractivity contribution < 1.29 is 9.59 Å². The van der Waals surface area contributed by atoms with Crippen LogP contribution < -0.4 is 10.5 Å². The first-order valence-electron chi connectivity index (χ1n) is 9.18. The maximum absolute atomic E-state index is 12.9. The fourth-order valence-corrected chi connectivity index (χ4v) is 3.37. The number of aromatic amines is 1. The standard InChI is InChI=1S/C20H19N5O3/c1-12-10-25(15-6-2-13(8-21)3-7-15)17(26)11-24(12)20(28)16-9-22-18(14-4-5-14)23-19(16)27/h2-3,6-7,9,12,14H,4-5,10-11H2,1H3,(H,22,23,27)/t12-/m0/s1. The first-order valence-corrected chi connectivity index (χ1v) is 9.18. The Hall–Kier alpha value is -3.47. The molecule has 0 unspecified atom stereocenters. The van der Waals surface area contributed by atoms with Gasteiger partial charge in [-0.25, -0.2) is 4.98 Å². The van der Waals surface area contributed by atoms with Crippen LogP contribution in [0.15, 0.2) is 35.3 Å². The number of hydrogen-bond donors (Lipinski definition) is 1. The highest BCUT2D eigenvalue weighted by Crippen LogP contribution is 2.37. The van der Waals surface area contributed by atoms with Crippen molar-refractivity contribution in [3.05, 3.63) is 57.8 Å². The molecule has 2 aromatic rings. The molecule has 2 aliphatic rings. The number of nitrogens with one attached hydrogen (secondary N) is 1. The molecule has 1 N–H and O–H groups in total. The molecular weight excluding hydrogens is 358 g/mol. The Balaban J connectivity index is 1.52. The van der Waals surface area contributed by atoms with Gasteiger partial charge in [0.25, 0.3) is 11.5 Å². The summed E-state index contributed by atoms with van der Waals surface area (Å²) in [6.07, 6.45) is 3.32. The number of nitrogens with zero attached hydrogens (tertiary/aromatic N) is 4. The summed E-state index contributed by atoms with van der Waals surface area (Å²) in [5.74, 6) is 0.177. The number of benzene rings is 1. The lowest BCUT2D eigenvalue weighted by Gasteiger charge is -2.39. The van der Waals surface area contributed by atoms with Crippen molar-refractivity contribution in [1.29, 1.82) is 5.26 Å². The second-order valence-corrected chi connectivity index (χ2v) is 7.23. The Morgan fingerprint density at radius 2 is 1.96 bits per heavy atom. The number of piperazine rings is 1. The minimum Gasteiger partial charge on any atom is -0.325 e. The Labute approximate surface area is 161 Å². The summed E-state index contributed by atoms with van der Waals surface area (Å²) in [5.41, 5.74) is 0.683. The molecule has 28 heavy (non-hydrogen) atoms. The second-order valence-electron chi connectivity index (χ2n) is 7.23. The molecular formula is C20H19N5O3. The van der Waals surface area contributed by atoms with Gasteiger partial charge in [-0.05, 0) is 44.0 Å². The van der Waals surface area contributed by atoms with E-state index in [1.54, 1.807) is 29.2 Å². The normalized spacial score (nSPS) is 19.4. The highest BCUT2D eigenvalue weighted by Gasteiger charge is 2.35. The second kappa shape index (κ2) is 6.93. The SMILES string of the molecule is C[C@H]1CN(c2ccc(C#N)cc2)C(=O)CN1C(=O)c1cnc(C2CC2)[nH]c1=O. The highest BCUT2D eigenvalue weighted by molar-refractivity contribution is 6.01. The number of anilines is 1. The number of hydrogen-bond acceptors (Lipinski definition) is 5. The summed E-state index contributed by atoms with van der Waals surface area (Å²) >= 11 is 0. The molecule has 1 saturated carbocycles. The van der Waals surface area contributed by atoms with E-state index in [4.69, 9.17) is 5.26 Å². The molecule has 2 fully saturated rings. The maximum atomic E-state index is 12.9. The largest absolute Gasteiger partial charge is 0.325 e. The number of carbonyl (C=O) groups excluding carboxylic acids is 2. The molecule has 8 heteroatoms. The van der Waals surface area contributed by atoms with Gasteiger partial charge in [-0.15, -0.1) is 0 Å². The van der Waals surface area contributed by atoms with Gasteiger partial charge in [0.05, 0.1) is 11.6 Å². The Kier molecular flexibility index (Phi) is 4.43. The first kappa shape index (κ1) is 17.9. The van der Waals surface area contributed by atoms with Gasteiger partial charge in [0, 0.05) is 30.4 Å². The summed E-state index contributed by atoms with van der Waals surface area (Å²) in [4.78, 5) is 47.7.